The third-order valence-electron chi connectivity index (χ3n) is 7.16. The molecule has 0 saturated carbocycles. The summed E-state index contributed by atoms with van der Waals surface area (Å²) in [7, 11) is 1.65. The monoisotopic (exact) mass is 485 g/mol. The van der Waals surface area contributed by atoms with Crippen molar-refractivity contribution in [2.45, 2.75) is 52.7 Å². The lowest BCUT2D eigenvalue weighted by molar-refractivity contribution is 0.496. The van der Waals surface area contributed by atoms with Crippen molar-refractivity contribution >= 4 is 27.9 Å². The Morgan fingerprint density at radius 1 is 1.11 bits per heavy atom. The minimum absolute atomic E-state index is 0.0360. The van der Waals surface area contributed by atoms with Gasteiger partial charge >= 0.3 is 5.69 Å². The predicted octanol–water partition coefficient (Wildman–Crippen LogP) is 2.06. The number of rotatable bonds is 4. The van der Waals surface area contributed by atoms with Crippen LogP contribution < -0.4 is 21.9 Å². The largest absolute Gasteiger partial charge is 0.341 e. The number of piperidine rings is 1. The van der Waals surface area contributed by atoms with Crippen LogP contribution >= 0.6 is 0 Å². The van der Waals surface area contributed by atoms with Crippen molar-refractivity contribution in [1.82, 2.24) is 23.7 Å². The van der Waals surface area contributed by atoms with Gasteiger partial charge in [-0.1, -0.05) is 30.2 Å². The summed E-state index contributed by atoms with van der Waals surface area (Å²) in [4.78, 5) is 39.0. The van der Waals surface area contributed by atoms with Gasteiger partial charge in [0.1, 0.15) is 0 Å². The number of pyridine rings is 1. The second kappa shape index (κ2) is 9.28. The Bertz CT molecular complexity index is 1670. The van der Waals surface area contributed by atoms with Crippen LogP contribution in [0.3, 0.4) is 0 Å². The first kappa shape index (κ1) is 23.8. The number of imidazole rings is 1. The Balaban J connectivity index is 1.73. The number of aryl methyl sites for hydroxylation is 3. The number of fused-ring (bicyclic) bond motifs is 2. The standard InChI is InChI=1S/C27H31N7O2/c1-5-6-14-33-23-24(30-26(33)32-13-9-10-19(28)15-32)31(4)27(36)34(25(23)35)16-22-21-12-8-7-11-20(21)17(2)18(3)29-22/h7-8,11-12,19H,9-10,13-16,28H2,1-4H3. The second-order valence-electron chi connectivity index (χ2n) is 9.49. The van der Waals surface area contributed by atoms with Crippen molar-refractivity contribution in [3.05, 3.63) is 62.1 Å². The van der Waals surface area contributed by atoms with Gasteiger partial charge in [0.25, 0.3) is 5.56 Å². The molecule has 0 bridgehead atoms. The van der Waals surface area contributed by atoms with E-state index in [9.17, 15) is 9.59 Å². The quantitative estimate of drug-likeness (QED) is 0.444. The highest BCUT2D eigenvalue weighted by Gasteiger charge is 2.26. The molecule has 1 aromatic carbocycles. The molecule has 9 nitrogen and oxygen atoms in total. The van der Waals surface area contributed by atoms with Crippen LogP contribution in [0.15, 0.2) is 33.9 Å². The zero-order valence-electron chi connectivity index (χ0n) is 21.2. The van der Waals surface area contributed by atoms with Gasteiger partial charge in [0.2, 0.25) is 5.95 Å². The third-order valence-corrected chi connectivity index (χ3v) is 7.16. The molecule has 4 aromatic rings. The van der Waals surface area contributed by atoms with E-state index >= 15 is 0 Å². The van der Waals surface area contributed by atoms with Crippen molar-refractivity contribution in [2.24, 2.45) is 12.8 Å². The fraction of sp³-hybridized carbons (Fsp3) is 0.407. The molecular weight excluding hydrogens is 454 g/mol. The molecule has 1 aliphatic heterocycles. The lowest BCUT2D eigenvalue weighted by Crippen LogP contribution is -2.44. The Labute approximate surface area is 209 Å². The van der Waals surface area contributed by atoms with Crippen molar-refractivity contribution < 1.29 is 0 Å². The van der Waals surface area contributed by atoms with Gasteiger partial charge in [0.15, 0.2) is 11.2 Å². The van der Waals surface area contributed by atoms with Gasteiger partial charge in [0, 0.05) is 37.3 Å². The molecule has 4 heterocycles. The molecule has 1 atom stereocenters. The summed E-state index contributed by atoms with van der Waals surface area (Å²) in [6.07, 6.45) is 1.90. The maximum Gasteiger partial charge on any atom is 0.332 e. The summed E-state index contributed by atoms with van der Waals surface area (Å²) in [6, 6.07) is 7.99. The van der Waals surface area contributed by atoms with Gasteiger partial charge in [-0.25, -0.2) is 4.79 Å². The highest BCUT2D eigenvalue weighted by Crippen LogP contribution is 2.25. The molecule has 1 unspecified atom stereocenters. The number of nitrogens with zero attached hydrogens (tertiary/aromatic N) is 6. The van der Waals surface area contributed by atoms with Gasteiger partial charge in [-0.05, 0) is 44.6 Å². The highest BCUT2D eigenvalue weighted by atomic mass is 16.2. The number of hydrogen-bond donors (Lipinski definition) is 1. The van der Waals surface area contributed by atoms with E-state index in [-0.39, 0.29) is 12.6 Å². The van der Waals surface area contributed by atoms with Gasteiger partial charge in [0.05, 0.1) is 18.8 Å². The lowest BCUT2D eigenvalue weighted by atomic mass is 10.0. The van der Waals surface area contributed by atoms with Gasteiger partial charge in [-0.2, -0.15) is 4.98 Å². The summed E-state index contributed by atoms with van der Waals surface area (Å²) in [6.45, 7) is 7.54. The number of aromatic nitrogens is 5. The number of nitrogens with two attached hydrogens (primary N) is 1. The molecule has 3 aromatic heterocycles. The van der Waals surface area contributed by atoms with Crippen LogP contribution in [0.2, 0.25) is 0 Å². The number of hydrogen-bond acceptors (Lipinski definition) is 6. The van der Waals surface area contributed by atoms with Gasteiger partial charge in [-0.3, -0.25) is 23.5 Å². The van der Waals surface area contributed by atoms with E-state index in [1.54, 1.807) is 14.0 Å². The fourth-order valence-corrected chi connectivity index (χ4v) is 5.11. The molecule has 36 heavy (non-hydrogen) atoms. The van der Waals surface area contributed by atoms with E-state index in [1.807, 2.05) is 42.7 Å². The maximum absolute atomic E-state index is 13.9. The molecule has 186 valence electrons. The molecule has 2 N–H and O–H groups in total. The topological polar surface area (TPSA) is 104 Å². The summed E-state index contributed by atoms with van der Waals surface area (Å²) < 4.78 is 4.53. The SMILES string of the molecule is CC#CCn1c(N2CCCC(N)C2)nc2c1c(=O)n(Cc1nc(C)c(C)c3ccccc13)c(=O)n2C. The summed E-state index contributed by atoms with van der Waals surface area (Å²) in [5.41, 5.74) is 8.78. The van der Waals surface area contributed by atoms with Crippen LogP contribution in [0.25, 0.3) is 21.9 Å². The smallest absolute Gasteiger partial charge is 0.332 e. The first-order valence-electron chi connectivity index (χ1n) is 12.3. The minimum atomic E-state index is -0.426. The van der Waals surface area contributed by atoms with Crippen LogP contribution in [-0.2, 0) is 20.1 Å². The van der Waals surface area contributed by atoms with Crippen molar-refractivity contribution in [3.63, 3.8) is 0 Å². The molecule has 0 spiro atoms. The van der Waals surface area contributed by atoms with Crippen molar-refractivity contribution in [1.29, 1.82) is 0 Å². The summed E-state index contributed by atoms with van der Waals surface area (Å²) in [5.74, 6) is 6.61. The first-order valence-corrected chi connectivity index (χ1v) is 12.3. The number of benzene rings is 1. The second-order valence-corrected chi connectivity index (χ2v) is 9.49. The summed E-state index contributed by atoms with van der Waals surface area (Å²) >= 11 is 0. The van der Waals surface area contributed by atoms with Crippen LogP contribution in [0, 0.1) is 25.7 Å². The van der Waals surface area contributed by atoms with E-state index in [0.717, 1.165) is 41.4 Å². The van der Waals surface area contributed by atoms with Gasteiger partial charge < -0.3 is 10.6 Å². The molecule has 0 radical (unpaired) electrons. The van der Waals surface area contributed by atoms with Crippen LogP contribution in [0.4, 0.5) is 5.95 Å². The Kier molecular flexibility index (Phi) is 6.14. The van der Waals surface area contributed by atoms with E-state index in [4.69, 9.17) is 15.7 Å². The molecule has 1 aliphatic rings. The number of anilines is 1. The lowest BCUT2D eigenvalue weighted by Gasteiger charge is -2.31. The normalized spacial score (nSPS) is 15.9. The van der Waals surface area contributed by atoms with Gasteiger partial charge in [-0.15, -0.1) is 5.92 Å². The average molecular weight is 486 g/mol. The average Bonchev–Trinajstić information content (AvgIpc) is 3.26. The maximum atomic E-state index is 13.9. The molecule has 0 amide bonds. The Hall–Kier alpha value is -3.90. The minimum Gasteiger partial charge on any atom is -0.341 e. The van der Waals surface area contributed by atoms with Crippen LogP contribution in [-0.4, -0.2) is 42.8 Å². The Morgan fingerprint density at radius 2 is 1.86 bits per heavy atom. The van der Waals surface area contributed by atoms with E-state index in [1.165, 1.54) is 9.13 Å². The predicted molar refractivity (Wildman–Crippen MR) is 142 cm³/mol. The molecule has 1 saturated heterocycles. The highest BCUT2D eigenvalue weighted by molar-refractivity contribution is 5.88. The Morgan fingerprint density at radius 3 is 2.58 bits per heavy atom. The fourth-order valence-electron chi connectivity index (χ4n) is 5.11. The van der Waals surface area contributed by atoms with E-state index in [2.05, 4.69) is 16.7 Å². The zero-order chi connectivity index (χ0) is 25.6. The molecule has 1 fully saturated rings. The molecular formula is C27H31N7O2. The molecule has 5 rings (SSSR count). The van der Waals surface area contributed by atoms with Crippen LogP contribution in [0.1, 0.15) is 36.7 Å². The first-order chi connectivity index (χ1) is 17.3. The third kappa shape index (κ3) is 3.88. The van der Waals surface area contributed by atoms with Crippen LogP contribution in [0.5, 0.6) is 0 Å². The van der Waals surface area contributed by atoms with E-state index < -0.39 is 11.2 Å². The van der Waals surface area contributed by atoms with E-state index in [0.29, 0.717) is 35.9 Å². The van der Waals surface area contributed by atoms with Crippen molar-refractivity contribution in [3.8, 4) is 11.8 Å². The summed E-state index contributed by atoms with van der Waals surface area (Å²) in [5, 5.41) is 2.00. The molecule has 0 aliphatic carbocycles. The zero-order valence-corrected chi connectivity index (χ0v) is 21.2. The molecule has 9 heteroatoms. The van der Waals surface area contributed by atoms with Crippen molar-refractivity contribution in [2.75, 3.05) is 18.0 Å².